The fourth-order valence-electron chi connectivity index (χ4n) is 1.67. The van der Waals surface area contributed by atoms with Gasteiger partial charge < -0.3 is 20.0 Å². The normalized spacial score (nSPS) is 12.1. The van der Waals surface area contributed by atoms with Crippen LogP contribution in [0.2, 0.25) is 0 Å². The minimum Gasteiger partial charge on any atom is -0.480 e. The number of carbonyl (C=O) groups is 3. The van der Waals surface area contributed by atoms with Crippen molar-refractivity contribution < 1.29 is 29.1 Å². The summed E-state index contributed by atoms with van der Waals surface area (Å²) in [5.74, 6) is -1.26. The van der Waals surface area contributed by atoms with E-state index in [1.54, 1.807) is 51.1 Å². The number of carbonyl (C=O) groups excluding carboxylic acids is 2. The first kappa shape index (κ1) is 20.4. The van der Waals surface area contributed by atoms with Crippen molar-refractivity contribution >= 4 is 18.0 Å². The van der Waals surface area contributed by atoms with E-state index in [2.05, 4.69) is 10.8 Å². The van der Waals surface area contributed by atoms with Gasteiger partial charge in [0.2, 0.25) is 0 Å². The molecule has 0 bridgehead atoms. The molecule has 1 aromatic rings. The first-order valence-electron chi connectivity index (χ1n) is 7.90. The number of carboxylic acid groups (broad SMARTS) is 1. The fraction of sp³-hybridized carbons (Fsp3) is 0.471. The molecule has 25 heavy (non-hydrogen) atoms. The monoisotopic (exact) mass is 352 g/mol. The zero-order valence-electron chi connectivity index (χ0n) is 14.6. The van der Waals surface area contributed by atoms with Gasteiger partial charge in [0.1, 0.15) is 11.8 Å². The third-order valence-electron chi connectivity index (χ3n) is 3.09. The minimum atomic E-state index is -1.17. The highest BCUT2D eigenvalue weighted by atomic mass is 16.7. The third kappa shape index (κ3) is 8.16. The number of nitrogens with one attached hydrogen (secondary N) is 2. The van der Waals surface area contributed by atoms with Crippen LogP contribution in [0.4, 0.5) is 4.79 Å². The van der Waals surface area contributed by atoms with Crippen LogP contribution in [0.1, 0.15) is 33.6 Å². The predicted octanol–water partition coefficient (Wildman–Crippen LogP) is 2.10. The van der Waals surface area contributed by atoms with Crippen LogP contribution in [-0.2, 0) is 14.4 Å². The lowest BCUT2D eigenvalue weighted by Crippen LogP contribution is -2.42. The van der Waals surface area contributed by atoms with Crippen molar-refractivity contribution in [1.82, 2.24) is 10.8 Å². The van der Waals surface area contributed by atoms with E-state index in [0.29, 0.717) is 12.2 Å². The second-order valence-corrected chi connectivity index (χ2v) is 6.41. The first-order chi connectivity index (χ1) is 11.7. The maximum atomic E-state index is 11.7. The topological polar surface area (TPSA) is 114 Å². The van der Waals surface area contributed by atoms with Gasteiger partial charge in [0.05, 0.1) is 5.41 Å². The lowest BCUT2D eigenvalue weighted by atomic mass is 9.98. The molecule has 1 rings (SSSR count). The van der Waals surface area contributed by atoms with E-state index in [-0.39, 0.29) is 13.0 Å². The highest BCUT2D eigenvalue weighted by Crippen LogP contribution is 2.14. The summed E-state index contributed by atoms with van der Waals surface area (Å²) in [5, 5.41) is 11.5. The summed E-state index contributed by atoms with van der Waals surface area (Å²) >= 11 is 0. The SMILES string of the molecule is CC(C)(C)C(=O)ONCCCC(NC(=O)Oc1ccccc1)C(=O)O. The standard InChI is InChI=1S/C17H24N2O6/c1-17(2,3)15(22)25-18-11-7-10-13(14(20)21)19-16(23)24-12-8-5-4-6-9-12/h4-6,8-9,13,18H,7,10-11H2,1-3H3,(H,19,23)(H,20,21). The summed E-state index contributed by atoms with van der Waals surface area (Å²) in [6, 6.07) is 7.23. The molecule has 0 saturated carbocycles. The molecule has 1 atom stereocenters. The van der Waals surface area contributed by atoms with Gasteiger partial charge in [-0.3, -0.25) is 0 Å². The molecule has 1 amide bonds. The molecule has 0 aliphatic heterocycles. The Balaban J connectivity index is 2.33. The maximum Gasteiger partial charge on any atom is 0.413 e. The quantitative estimate of drug-likeness (QED) is 0.485. The maximum absolute atomic E-state index is 11.7. The Morgan fingerprint density at radius 2 is 1.80 bits per heavy atom. The summed E-state index contributed by atoms with van der Waals surface area (Å²) in [7, 11) is 0. The van der Waals surface area contributed by atoms with E-state index in [9.17, 15) is 14.4 Å². The van der Waals surface area contributed by atoms with Crippen molar-refractivity contribution in [3.8, 4) is 5.75 Å². The lowest BCUT2D eigenvalue weighted by molar-refractivity contribution is -0.160. The van der Waals surface area contributed by atoms with Gasteiger partial charge in [-0.25, -0.2) is 14.4 Å². The Morgan fingerprint density at radius 1 is 1.16 bits per heavy atom. The molecule has 0 aliphatic rings. The Labute approximate surface area is 146 Å². The summed E-state index contributed by atoms with van der Waals surface area (Å²) in [4.78, 5) is 39.3. The van der Waals surface area contributed by atoms with E-state index in [0.717, 1.165) is 0 Å². The molecule has 1 aromatic carbocycles. The highest BCUT2D eigenvalue weighted by molar-refractivity contribution is 5.80. The summed E-state index contributed by atoms with van der Waals surface area (Å²) < 4.78 is 4.99. The molecule has 0 aliphatic carbocycles. The number of para-hydroxylation sites is 1. The molecule has 0 radical (unpaired) electrons. The molecule has 8 heteroatoms. The minimum absolute atomic E-state index is 0.152. The van der Waals surface area contributed by atoms with E-state index >= 15 is 0 Å². The van der Waals surface area contributed by atoms with Crippen molar-refractivity contribution in [2.45, 2.75) is 39.7 Å². The molecule has 0 spiro atoms. The molecule has 0 saturated heterocycles. The predicted molar refractivity (Wildman–Crippen MR) is 89.8 cm³/mol. The number of hydroxylamine groups is 1. The molecule has 0 aromatic heterocycles. The number of hydrogen-bond donors (Lipinski definition) is 3. The molecule has 8 nitrogen and oxygen atoms in total. The largest absolute Gasteiger partial charge is 0.480 e. The van der Waals surface area contributed by atoms with E-state index in [1.807, 2.05) is 0 Å². The molecular weight excluding hydrogens is 328 g/mol. The van der Waals surface area contributed by atoms with Crippen molar-refractivity contribution in [1.29, 1.82) is 0 Å². The van der Waals surface area contributed by atoms with Gasteiger partial charge in [-0.05, 0) is 45.7 Å². The number of hydrogen-bond acceptors (Lipinski definition) is 6. The number of benzene rings is 1. The molecule has 3 N–H and O–H groups in total. The number of carboxylic acids is 1. The number of rotatable bonds is 8. The molecule has 138 valence electrons. The fourth-order valence-corrected chi connectivity index (χ4v) is 1.67. The van der Waals surface area contributed by atoms with Gasteiger partial charge in [-0.2, -0.15) is 5.48 Å². The van der Waals surface area contributed by atoms with Crippen LogP contribution in [0.15, 0.2) is 30.3 Å². The highest BCUT2D eigenvalue weighted by Gasteiger charge is 2.24. The summed E-state index contributed by atoms with van der Waals surface area (Å²) in [5.41, 5.74) is 1.87. The van der Waals surface area contributed by atoms with Crippen LogP contribution in [-0.4, -0.2) is 35.7 Å². The summed E-state index contributed by atoms with van der Waals surface area (Å²) in [6.07, 6.45) is -0.315. The van der Waals surface area contributed by atoms with Gasteiger partial charge in [0.15, 0.2) is 0 Å². The summed E-state index contributed by atoms with van der Waals surface area (Å²) in [6.45, 7) is 5.43. The number of ether oxygens (including phenoxy) is 1. The molecule has 1 unspecified atom stereocenters. The van der Waals surface area contributed by atoms with Crippen LogP contribution in [0, 0.1) is 5.41 Å². The third-order valence-corrected chi connectivity index (χ3v) is 3.09. The van der Waals surface area contributed by atoms with Crippen LogP contribution in [0.3, 0.4) is 0 Å². The Bertz CT molecular complexity index is 583. The zero-order valence-corrected chi connectivity index (χ0v) is 14.6. The van der Waals surface area contributed by atoms with E-state index in [1.165, 1.54) is 0 Å². The number of aliphatic carboxylic acids is 1. The second-order valence-electron chi connectivity index (χ2n) is 6.41. The van der Waals surface area contributed by atoms with Crippen LogP contribution in [0.5, 0.6) is 5.75 Å². The van der Waals surface area contributed by atoms with Crippen molar-refractivity contribution in [3.05, 3.63) is 30.3 Å². The zero-order chi connectivity index (χ0) is 18.9. The van der Waals surface area contributed by atoms with Gasteiger partial charge in [0, 0.05) is 6.54 Å². The van der Waals surface area contributed by atoms with Crippen molar-refractivity contribution in [3.63, 3.8) is 0 Å². The Kier molecular flexibility index (Phi) is 7.87. The van der Waals surface area contributed by atoms with E-state index in [4.69, 9.17) is 14.7 Å². The average Bonchev–Trinajstić information content (AvgIpc) is 2.53. The smallest absolute Gasteiger partial charge is 0.413 e. The molecule has 0 heterocycles. The van der Waals surface area contributed by atoms with Gasteiger partial charge in [-0.15, -0.1) is 0 Å². The average molecular weight is 352 g/mol. The van der Waals surface area contributed by atoms with Crippen molar-refractivity contribution in [2.24, 2.45) is 5.41 Å². The number of amides is 1. The Hall–Kier alpha value is -2.61. The van der Waals surface area contributed by atoms with Gasteiger partial charge in [0.25, 0.3) is 0 Å². The Morgan fingerprint density at radius 3 is 2.36 bits per heavy atom. The lowest BCUT2D eigenvalue weighted by Gasteiger charge is -2.17. The first-order valence-corrected chi connectivity index (χ1v) is 7.90. The molecule has 0 fully saturated rings. The second kappa shape index (κ2) is 9.63. The van der Waals surface area contributed by atoms with Crippen LogP contribution in [0.25, 0.3) is 0 Å². The van der Waals surface area contributed by atoms with Gasteiger partial charge in [-0.1, -0.05) is 18.2 Å². The molecular formula is C17H24N2O6. The van der Waals surface area contributed by atoms with Crippen molar-refractivity contribution in [2.75, 3.05) is 6.54 Å². The van der Waals surface area contributed by atoms with E-state index < -0.39 is 29.5 Å². The van der Waals surface area contributed by atoms with Crippen LogP contribution >= 0.6 is 0 Å². The van der Waals surface area contributed by atoms with Crippen LogP contribution < -0.4 is 15.5 Å². The van der Waals surface area contributed by atoms with Gasteiger partial charge >= 0.3 is 18.0 Å².